The Balaban J connectivity index is 1.44. The Morgan fingerprint density at radius 2 is 2.00 bits per heavy atom. The van der Waals surface area contributed by atoms with Crippen LogP contribution in [0.25, 0.3) is 10.6 Å². The van der Waals surface area contributed by atoms with Crippen molar-refractivity contribution in [1.82, 2.24) is 10.3 Å². The Morgan fingerprint density at radius 1 is 1.22 bits per heavy atom. The molecule has 2 aromatic rings. The van der Waals surface area contributed by atoms with Gasteiger partial charge in [0.15, 0.2) is 6.61 Å². The van der Waals surface area contributed by atoms with Crippen LogP contribution >= 0.6 is 11.3 Å². The summed E-state index contributed by atoms with van der Waals surface area (Å²) < 4.78 is 5.14. The zero-order valence-corrected chi connectivity index (χ0v) is 16.6. The second-order valence-electron chi connectivity index (χ2n) is 7.29. The van der Waals surface area contributed by atoms with Crippen LogP contribution in [0.5, 0.6) is 0 Å². The van der Waals surface area contributed by atoms with Crippen LogP contribution in [0.3, 0.4) is 0 Å². The van der Waals surface area contributed by atoms with E-state index in [1.807, 2.05) is 35.7 Å². The highest BCUT2D eigenvalue weighted by Gasteiger charge is 2.28. The number of carbonyl (C=O) groups is 2. The molecule has 1 heterocycles. The molecule has 1 aliphatic rings. The van der Waals surface area contributed by atoms with E-state index >= 15 is 0 Å². The Kier molecular flexibility index (Phi) is 6.61. The molecule has 5 nitrogen and oxygen atoms in total. The number of esters is 1. The molecular weight excluding hydrogens is 360 g/mol. The molecule has 1 aliphatic carbocycles. The lowest BCUT2D eigenvalue weighted by Gasteiger charge is -2.34. The van der Waals surface area contributed by atoms with Crippen LogP contribution in [0.2, 0.25) is 0 Å². The summed E-state index contributed by atoms with van der Waals surface area (Å²) in [5, 5.41) is 5.74. The lowest BCUT2D eigenvalue weighted by Crippen LogP contribution is -2.45. The van der Waals surface area contributed by atoms with E-state index in [0.29, 0.717) is 17.5 Å². The number of ether oxygens (including phenoxy) is 1. The maximum atomic E-state index is 12.1. The van der Waals surface area contributed by atoms with E-state index in [1.165, 1.54) is 17.8 Å². The van der Waals surface area contributed by atoms with Crippen LogP contribution in [0.4, 0.5) is 0 Å². The normalized spacial score (nSPS) is 22.2. The van der Waals surface area contributed by atoms with Crippen molar-refractivity contribution in [1.29, 1.82) is 0 Å². The summed E-state index contributed by atoms with van der Waals surface area (Å²) in [4.78, 5) is 28.6. The minimum Gasteiger partial charge on any atom is -0.455 e. The van der Waals surface area contributed by atoms with E-state index in [9.17, 15) is 9.59 Å². The average molecular weight is 387 g/mol. The third-order valence-electron chi connectivity index (χ3n) is 5.32. The SMILES string of the molecule is CC1CCCC(NC(=O)COC(=O)Cc2csc(-c3ccccc3)n2)C1C. The molecule has 1 aromatic carbocycles. The zero-order valence-electron chi connectivity index (χ0n) is 15.8. The van der Waals surface area contributed by atoms with Crippen molar-refractivity contribution in [3.8, 4) is 10.6 Å². The maximum Gasteiger partial charge on any atom is 0.312 e. The Labute approximate surface area is 164 Å². The lowest BCUT2D eigenvalue weighted by molar-refractivity contribution is -0.148. The molecule has 0 aliphatic heterocycles. The predicted octanol–water partition coefficient (Wildman–Crippen LogP) is 3.84. The number of nitrogens with one attached hydrogen (secondary N) is 1. The summed E-state index contributed by atoms with van der Waals surface area (Å²) in [5.41, 5.74) is 1.69. The molecule has 1 amide bonds. The molecule has 0 spiro atoms. The molecule has 6 heteroatoms. The predicted molar refractivity (Wildman–Crippen MR) is 106 cm³/mol. The van der Waals surface area contributed by atoms with Gasteiger partial charge in [0.25, 0.3) is 5.91 Å². The first-order valence-corrected chi connectivity index (χ1v) is 10.4. The summed E-state index contributed by atoms with van der Waals surface area (Å²) in [6, 6.07) is 10.0. The fourth-order valence-electron chi connectivity index (χ4n) is 3.48. The summed E-state index contributed by atoms with van der Waals surface area (Å²) >= 11 is 1.49. The van der Waals surface area contributed by atoms with Crippen LogP contribution in [0, 0.1) is 11.8 Å². The molecule has 0 saturated heterocycles. The van der Waals surface area contributed by atoms with Crippen molar-refractivity contribution >= 4 is 23.2 Å². The maximum absolute atomic E-state index is 12.1. The Morgan fingerprint density at radius 3 is 2.78 bits per heavy atom. The van der Waals surface area contributed by atoms with Gasteiger partial charge >= 0.3 is 5.97 Å². The van der Waals surface area contributed by atoms with Crippen molar-refractivity contribution in [2.75, 3.05) is 6.61 Å². The van der Waals surface area contributed by atoms with Gasteiger partial charge in [0.05, 0.1) is 12.1 Å². The molecular formula is C21H26N2O3S. The first-order valence-electron chi connectivity index (χ1n) is 9.47. The van der Waals surface area contributed by atoms with Crippen LogP contribution in [0.1, 0.15) is 38.8 Å². The number of nitrogens with zero attached hydrogens (tertiary/aromatic N) is 1. The molecule has 0 bridgehead atoms. The minimum absolute atomic E-state index is 0.0769. The van der Waals surface area contributed by atoms with E-state index < -0.39 is 5.97 Å². The molecule has 1 aromatic heterocycles. The van der Waals surface area contributed by atoms with Crippen LogP contribution in [0.15, 0.2) is 35.7 Å². The van der Waals surface area contributed by atoms with E-state index in [2.05, 4.69) is 24.1 Å². The van der Waals surface area contributed by atoms with Crippen molar-refractivity contribution in [2.45, 2.75) is 45.6 Å². The number of rotatable bonds is 6. The molecule has 3 unspecified atom stereocenters. The van der Waals surface area contributed by atoms with E-state index in [1.54, 1.807) is 0 Å². The number of hydrogen-bond acceptors (Lipinski definition) is 5. The highest BCUT2D eigenvalue weighted by molar-refractivity contribution is 7.13. The van der Waals surface area contributed by atoms with Gasteiger partial charge in [0.1, 0.15) is 5.01 Å². The van der Waals surface area contributed by atoms with Gasteiger partial charge in [-0.1, -0.05) is 57.0 Å². The standard InChI is InChI=1S/C21H26N2O3S/c1-14-7-6-10-18(15(14)2)23-19(24)12-26-20(25)11-17-13-27-21(22-17)16-8-4-3-5-9-16/h3-5,8-9,13-15,18H,6-7,10-12H2,1-2H3,(H,23,24). The molecule has 3 atom stereocenters. The third-order valence-corrected chi connectivity index (χ3v) is 6.26. The number of carbonyl (C=O) groups excluding carboxylic acids is 2. The molecule has 1 fully saturated rings. The molecule has 144 valence electrons. The van der Waals surface area contributed by atoms with Gasteiger partial charge in [-0.15, -0.1) is 11.3 Å². The topological polar surface area (TPSA) is 68.3 Å². The Hall–Kier alpha value is -2.21. The van der Waals surface area contributed by atoms with Gasteiger partial charge in [-0.25, -0.2) is 4.98 Å². The van der Waals surface area contributed by atoms with Gasteiger partial charge in [-0.2, -0.15) is 0 Å². The fourth-order valence-corrected chi connectivity index (χ4v) is 4.31. The summed E-state index contributed by atoms with van der Waals surface area (Å²) in [6.45, 7) is 4.17. The second kappa shape index (κ2) is 9.13. The van der Waals surface area contributed by atoms with Crippen molar-refractivity contribution < 1.29 is 14.3 Å². The van der Waals surface area contributed by atoms with E-state index in [4.69, 9.17) is 4.74 Å². The molecule has 0 radical (unpaired) electrons. The van der Waals surface area contributed by atoms with Gasteiger partial charge < -0.3 is 10.1 Å². The van der Waals surface area contributed by atoms with Gasteiger partial charge in [0, 0.05) is 17.0 Å². The molecule has 1 N–H and O–H groups in total. The molecule has 1 saturated carbocycles. The smallest absolute Gasteiger partial charge is 0.312 e. The summed E-state index contributed by atoms with van der Waals surface area (Å²) in [7, 11) is 0. The Bertz CT molecular complexity index is 775. The number of amides is 1. The van der Waals surface area contributed by atoms with Gasteiger partial charge in [-0.3, -0.25) is 9.59 Å². The van der Waals surface area contributed by atoms with E-state index in [-0.39, 0.29) is 25.0 Å². The van der Waals surface area contributed by atoms with Gasteiger partial charge in [0.2, 0.25) is 0 Å². The summed E-state index contributed by atoms with van der Waals surface area (Å²) in [6.07, 6.45) is 3.41. The van der Waals surface area contributed by atoms with Crippen LogP contribution in [-0.4, -0.2) is 29.5 Å². The minimum atomic E-state index is -0.430. The largest absolute Gasteiger partial charge is 0.455 e. The molecule has 3 rings (SSSR count). The quantitative estimate of drug-likeness (QED) is 0.766. The number of thiazole rings is 1. The fraction of sp³-hybridized carbons (Fsp3) is 0.476. The lowest BCUT2D eigenvalue weighted by atomic mass is 9.78. The number of aromatic nitrogens is 1. The highest BCUT2D eigenvalue weighted by Crippen LogP contribution is 2.29. The van der Waals surface area contributed by atoms with Crippen molar-refractivity contribution in [3.05, 3.63) is 41.4 Å². The number of hydrogen-bond donors (Lipinski definition) is 1. The first kappa shape index (κ1) is 19.5. The number of benzene rings is 1. The van der Waals surface area contributed by atoms with Crippen LogP contribution in [-0.2, 0) is 20.7 Å². The summed E-state index contributed by atoms with van der Waals surface area (Å²) in [5.74, 6) is 0.401. The van der Waals surface area contributed by atoms with Crippen molar-refractivity contribution in [3.63, 3.8) is 0 Å². The average Bonchev–Trinajstić information content (AvgIpc) is 3.13. The van der Waals surface area contributed by atoms with E-state index in [0.717, 1.165) is 23.4 Å². The monoisotopic (exact) mass is 386 g/mol. The first-order chi connectivity index (χ1) is 13.0. The zero-order chi connectivity index (χ0) is 19.2. The molecule has 27 heavy (non-hydrogen) atoms. The van der Waals surface area contributed by atoms with Crippen molar-refractivity contribution in [2.24, 2.45) is 11.8 Å². The van der Waals surface area contributed by atoms with Gasteiger partial charge in [-0.05, 0) is 18.3 Å². The van der Waals surface area contributed by atoms with Crippen LogP contribution < -0.4 is 5.32 Å². The third kappa shape index (κ3) is 5.39. The highest BCUT2D eigenvalue weighted by atomic mass is 32.1. The second-order valence-corrected chi connectivity index (χ2v) is 8.15.